The van der Waals surface area contributed by atoms with Crippen LogP contribution in [0.5, 0.6) is 0 Å². The van der Waals surface area contributed by atoms with Gasteiger partial charge in [-0.25, -0.2) is 9.97 Å². The highest BCUT2D eigenvalue weighted by Gasteiger charge is 2.49. The van der Waals surface area contributed by atoms with Gasteiger partial charge in [-0.3, -0.25) is 9.78 Å². The van der Waals surface area contributed by atoms with Crippen LogP contribution in [0.2, 0.25) is 0 Å². The molecule has 0 N–H and O–H groups in total. The number of hydrogen-bond acceptors (Lipinski definition) is 6. The van der Waals surface area contributed by atoms with Crippen LogP contribution in [0.1, 0.15) is 37.3 Å². The van der Waals surface area contributed by atoms with Crippen LogP contribution in [0, 0.1) is 30.1 Å². The highest BCUT2D eigenvalue weighted by atomic mass is 16.3. The quantitative estimate of drug-likeness (QED) is 0.378. The molecule has 0 unspecified atom stereocenters. The molecule has 2 aliphatic rings. The fourth-order valence-corrected chi connectivity index (χ4v) is 5.95. The normalized spacial score (nSPS) is 23.4. The lowest BCUT2D eigenvalue weighted by Crippen LogP contribution is -2.46. The number of para-hydroxylation sites is 1. The van der Waals surface area contributed by atoms with Gasteiger partial charge in [0.1, 0.15) is 17.5 Å². The largest absolute Gasteiger partial charge is 0.460 e. The Morgan fingerprint density at radius 2 is 1.97 bits per heavy atom. The Hall–Kier alpha value is -4.11. The average Bonchev–Trinajstić information content (AvgIpc) is 3.31. The van der Waals surface area contributed by atoms with E-state index < -0.39 is 5.41 Å². The van der Waals surface area contributed by atoms with Crippen molar-refractivity contribution in [2.24, 2.45) is 11.8 Å². The number of fused-ring (bicyclic) bond motifs is 4. The fraction of sp³-hybridized carbons (Fsp3) is 0.276. The summed E-state index contributed by atoms with van der Waals surface area (Å²) in [7, 11) is 0. The molecule has 0 fully saturated rings. The predicted molar refractivity (Wildman–Crippen MR) is 132 cm³/mol. The number of nitriles is 1. The number of rotatable bonds is 2. The van der Waals surface area contributed by atoms with Gasteiger partial charge in [0.15, 0.2) is 17.4 Å². The Balaban J connectivity index is 1.68. The van der Waals surface area contributed by atoms with Gasteiger partial charge >= 0.3 is 0 Å². The summed E-state index contributed by atoms with van der Waals surface area (Å²) >= 11 is 0. The number of nitrogens with zero attached hydrogens (tertiary/aromatic N) is 4. The number of benzene rings is 1. The monoisotopic (exact) mass is 460 g/mol. The van der Waals surface area contributed by atoms with E-state index in [1.54, 1.807) is 6.20 Å². The number of carbonyl (C=O) groups is 1. The molecule has 35 heavy (non-hydrogen) atoms. The molecule has 3 heterocycles. The zero-order chi connectivity index (χ0) is 24.3. The molecule has 1 aromatic carbocycles. The second-order valence-corrected chi connectivity index (χ2v) is 9.76. The minimum Gasteiger partial charge on any atom is -0.460 e. The highest BCUT2D eigenvalue weighted by Crippen LogP contribution is 2.51. The topological polar surface area (TPSA) is 92.7 Å². The van der Waals surface area contributed by atoms with E-state index in [4.69, 9.17) is 14.4 Å². The standard InChI is InChI=1S/C29H24N4O2/c1-16-8-11-24(35-16)25-21-9-10-22-17(2)26(34)18(15-30)14-29(22,3)27(21)33-28(32-25)20-12-13-31-23-7-5-4-6-19(20)23/h4-8,11-14,17,22H,9-10H2,1-3H3/t17-,22-,29-/m1/s1. The third kappa shape index (κ3) is 3.15. The van der Waals surface area contributed by atoms with Crippen molar-refractivity contribution in [2.45, 2.75) is 39.0 Å². The maximum atomic E-state index is 12.8. The number of aryl methyl sites for hydroxylation is 1. The number of aromatic nitrogens is 3. The summed E-state index contributed by atoms with van der Waals surface area (Å²) in [5.74, 6) is 1.84. The van der Waals surface area contributed by atoms with Gasteiger partial charge in [0.2, 0.25) is 0 Å². The number of hydrogen-bond donors (Lipinski definition) is 0. The van der Waals surface area contributed by atoms with Crippen LogP contribution in [0.3, 0.4) is 0 Å². The second-order valence-electron chi connectivity index (χ2n) is 9.76. The minimum absolute atomic E-state index is 0.0581. The Morgan fingerprint density at radius 1 is 1.14 bits per heavy atom. The first-order chi connectivity index (χ1) is 16.9. The van der Waals surface area contributed by atoms with Gasteiger partial charge in [0.25, 0.3) is 0 Å². The molecular weight excluding hydrogens is 436 g/mol. The minimum atomic E-state index is -0.567. The molecule has 6 rings (SSSR count). The van der Waals surface area contributed by atoms with Crippen molar-refractivity contribution in [2.75, 3.05) is 0 Å². The lowest BCUT2D eigenvalue weighted by atomic mass is 9.57. The van der Waals surface area contributed by atoms with E-state index in [9.17, 15) is 10.1 Å². The fourth-order valence-electron chi connectivity index (χ4n) is 5.95. The number of furan rings is 1. The van der Waals surface area contributed by atoms with E-state index in [1.807, 2.05) is 62.4 Å². The third-order valence-electron chi connectivity index (χ3n) is 7.70. The predicted octanol–water partition coefficient (Wildman–Crippen LogP) is 5.75. The zero-order valence-electron chi connectivity index (χ0n) is 19.9. The molecular formula is C29H24N4O2. The van der Waals surface area contributed by atoms with Crippen molar-refractivity contribution in [3.05, 3.63) is 77.3 Å². The van der Waals surface area contributed by atoms with Crippen molar-refractivity contribution < 1.29 is 9.21 Å². The summed E-state index contributed by atoms with van der Waals surface area (Å²) < 4.78 is 6.04. The van der Waals surface area contributed by atoms with E-state index in [0.717, 1.165) is 52.0 Å². The van der Waals surface area contributed by atoms with Crippen LogP contribution in [-0.2, 0) is 16.6 Å². The van der Waals surface area contributed by atoms with Crippen LogP contribution in [0.25, 0.3) is 33.7 Å². The number of allylic oxidation sites excluding steroid dienone is 2. The maximum Gasteiger partial charge on any atom is 0.176 e. The lowest BCUT2D eigenvalue weighted by molar-refractivity contribution is -0.121. The summed E-state index contributed by atoms with van der Waals surface area (Å²) in [4.78, 5) is 27.6. The van der Waals surface area contributed by atoms with Crippen molar-refractivity contribution >= 4 is 16.7 Å². The number of Topliss-reactive ketones (excluding diaryl/α,β-unsaturated/α-hetero) is 1. The van der Waals surface area contributed by atoms with Gasteiger partial charge in [0.05, 0.1) is 16.8 Å². The Morgan fingerprint density at radius 3 is 2.74 bits per heavy atom. The Bertz CT molecular complexity index is 1590. The van der Waals surface area contributed by atoms with Gasteiger partial charge in [0, 0.05) is 34.0 Å². The molecule has 0 saturated carbocycles. The van der Waals surface area contributed by atoms with Crippen LogP contribution in [0.15, 0.2) is 64.7 Å². The van der Waals surface area contributed by atoms with Crippen molar-refractivity contribution in [1.29, 1.82) is 5.26 Å². The highest BCUT2D eigenvalue weighted by molar-refractivity contribution is 6.02. The van der Waals surface area contributed by atoms with Crippen LogP contribution in [0.4, 0.5) is 0 Å². The molecule has 6 nitrogen and oxygen atoms in total. The van der Waals surface area contributed by atoms with E-state index in [0.29, 0.717) is 11.6 Å². The van der Waals surface area contributed by atoms with Gasteiger partial charge in [-0.2, -0.15) is 5.26 Å². The smallest absolute Gasteiger partial charge is 0.176 e. The molecule has 172 valence electrons. The summed E-state index contributed by atoms with van der Waals surface area (Å²) in [6, 6.07) is 15.9. The number of pyridine rings is 1. The summed E-state index contributed by atoms with van der Waals surface area (Å²) in [6.07, 6.45) is 5.18. The van der Waals surface area contributed by atoms with Gasteiger partial charge in [-0.1, -0.05) is 38.1 Å². The van der Waals surface area contributed by atoms with Gasteiger partial charge in [-0.05, 0) is 49.9 Å². The molecule has 3 aromatic heterocycles. The first kappa shape index (κ1) is 21.4. The summed E-state index contributed by atoms with van der Waals surface area (Å²) in [5.41, 5.74) is 4.07. The molecule has 0 amide bonds. The molecule has 0 bridgehead atoms. The lowest BCUT2D eigenvalue weighted by Gasteiger charge is -2.45. The van der Waals surface area contributed by atoms with Crippen LogP contribution < -0.4 is 0 Å². The molecule has 3 atom stereocenters. The molecule has 4 aromatic rings. The van der Waals surface area contributed by atoms with Crippen LogP contribution >= 0.6 is 0 Å². The molecule has 2 aliphatic carbocycles. The molecule has 0 saturated heterocycles. The van der Waals surface area contributed by atoms with E-state index in [2.05, 4.69) is 18.0 Å². The van der Waals surface area contributed by atoms with E-state index in [1.165, 1.54) is 0 Å². The molecule has 0 radical (unpaired) electrons. The first-order valence-electron chi connectivity index (χ1n) is 11.9. The van der Waals surface area contributed by atoms with E-state index in [-0.39, 0.29) is 23.2 Å². The Labute approximate surface area is 203 Å². The number of ketones is 1. The van der Waals surface area contributed by atoms with Crippen molar-refractivity contribution in [3.8, 4) is 28.9 Å². The molecule has 0 spiro atoms. The molecule has 6 heteroatoms. The van der Waals surface area contributed by atoms with Crippen molar-refractivity contribution in [3.63, 3.8) is 0 Å². The number of carbonyl (C=O) groups excluding carboxylic acids is 1. The third-order valence-corrected chi connectivity index (χ3v) is 7.70. The maximum absolute atomic E-state index is 12.8. The van der Waals surface area contributed by atoms with Gasteiger partial charge < -0.3 is 4.42 Å². The Kier molecular flexibility index (Phi) is 4.72. The average molecular weight is 461 g/mol. The summed E-state index contributed by atoms with van der Waals surface area (Å²) in [6.45, 7) is 5.96. The molecule has 0 aliphatic heterocycles. The zero-order valence-corrected chi connectivity index (χ0v) is 19.9. The van der Waals surface area contributed by atoms with E-state index >= 15 is 0 Å². The SMILES string of the molecule is Cc1ccc(-c2nc(-c3ccnc4ccccc34)nc3c2CC[C@@H]2[C@@H](C)C(=O)C(C#N)=C[C@@]32C)o1. The van der Waals surface area contributed by atoms with Crippen LogP contribution in [-0.4, -0.2) is 20.7 Å². The van der Waals surface area contributed by atoms with Gasteiger partial charge in [-0.15, -0.1) is 0 Å². The summed E-state index contributed by atoms with van der Waals surface area (Å²) in [5, 5.41) is 10.7. The van der Waals surface area contributed by atoms with Crippen molar-refractivity contribution in [1.82, 2.24) is 15.0 Å². The first-order valence-corrected chi connectivity index (χ1v) is 11.9. The second kappa shape index (κ2) is 7.71.